The number of rotatable bonds is 7. The number of aromatic nitrogens is 4. The van der Waals surface area contributed by atoms with Gasteiger partial charge in [0.2, 0.25) is 21.9 Å². The molecule has 230 valence electrons. The summed E-state index contributed by atoms with van der Waals surface area (Å²) in [4.78, 5) is 36.5. The molecular weight excluding hydrogens is 580 g/mol. The van der Waals surface area contributed by atoms with Crippen LogP contribution in [0.2, 0.25) is 0 Å². The van der Waals surface area contributed by atoms with Gasteiger partial charge in [0.15, 0.2) is 5.76 Å². The number of aliphatic hydroxyl groups excluding tert-OH is 1. The number of hydrogen-bond donors (Lipinski definition) is 4. The molecule has 1 saturated carbocycles. The van der Waals surface area contributed by atoms with Crippen molar-refractivity contribution in [1.82, 2.24) is 20.0 Å². The second kappa shape index (κ2) is 15.5. The first-order valence-corrected chi connectivity index (χ1v) is 14.3. The number of anilines is 2. The van der Waals surface area contributed by atoms with Gasteiger partial charge in [0.1, 0.15) is 17.3 Å². The molecule has 0 atom stereocenters. The molecule has 14 nitrogen and oxygen atoms in total. The molecule has 3 heterocycles. The number of hydrogen-bond acceptors (Lipinski definition) is 12. The van der Waals surface area contributed by atoms with E-state index in [9.17, 15) is 19.5 Å². The molecule has 1 aromatic carbocycles. The van der Waals surface area contributed by atoms with Crippen molar-refractivity contribution in [3.05, 3.63) is 52.7 Å². The van der Waals surface area contributed by atoms with Crippen molar-refractivity contribution >= 4 is 34.1 Å². The zero-order valence-electron chi connectivity index (χ0n) is 24.4. The number of benzene rings is 1. The zero-order valence-corrected chi connectivity index (χ0v) is 25.2. The summed E-state index contributed by atoms with van der Waals surface area (Å²) in [6.07, 6.45) is 6.07. The quantitative estimate of drug-likeness (QED) is 0.233. The molecule has 43 heavy (non-hydrogen) atoms. The number of ether oxygens (including phenoxy) is 2. The number of methoxy groups -OCH3 is 2. The van der Waals surface area contributed by atoms with Crippen molar-refractivity contribution in [3.63, 3.8) is 0 Å². The third-order valence-electron chi connectivity index (χ3n) is 5.94. The molecular formula is C28H34N6O8S. The van der Waals surface area contributed by atoms with E-state index in [1.54, 1.807) is 24.3 Å². The Kier molecular flexibility index (Phi) is 11.8. The van der Waals surface area contributed by atoms with Gasteiger partial charge in [-0.15, -0.1) is 10.2 Å². The maximum atomic E-state index is 12.8. The Bertz CT molecular complexity index is 1570. The fraction of sp³-hybridized carbons (Fsp3) is 0.357. The number of aromatic hydroxyl groups is 1. The van der Waals surface area contributed by atoms with Gasteiger partial charge in [0.05, 0.1) is 32.1 Å². The third-order valence-corrected chi connectivity index (χ3v) is 6.75. The van der Waals surface area contributed by atoms with E-state index in [0.29, 0.717) is 17.3 Å². The second-order valence-electron chi connectivity index (χ2n) is 8.79. The second-order valence-corrected chi connectivity index (χ2v) is 9.75. The van der Waals surface area contributed by atoms with Crippen LogP contribution in [0.15, 0.2) is 45.7 Å². The number of nitrogens with one attached hydrogen (secondary N) is 2. The first-order chi connectivity index (χ1) is 20.7. The topological polar surface area (TPSA) is 191 Å². The van der Waals surface area contributed by atoms with Crippen LogP contribution in [0.25, 0.3) is 16.3 Å². The highest BCUT2D eigenvalue weighted by Crippen LogP contribution is 2.41. The predicted octanol–water partition coefficient (Wildman–Crippen LogP) is 4.23. The lowest BCUT2D eigenvalue weighted by atomic mass is 10.0. The molecule has 15 heteroatoms. The molecule has 5 rings (SSSR count). The van der Waals surface area contributed by atoms with Gasteiger partial charge in [-0.3, -0.25) is 14.9 Å². The van der Waals surface area contributed by atoms with Crippen molar-refractivity contribution in [2.45, 2.75) is 52.6 Å². The smallest absolute Gasteiger partial charge is 0.379 e. The molecule has 0 spiro atoms. The zero-order chi connectivity index (χ0) is 31.5. The number of amides is 2. The van der Waals surface area contributed by atoms with Crippen LogP contribution in [0, 0.1) is 0 Å². The van der Waals surface area contributed by atoms with Crippen molar-refractivity contribution < 1.29 is 33.7 Å². The summed E-state index contributed by atoms with van der Waals surface area (Å²) in [6, 6.07) is 7.65. The van der Waals surface area contributed by atoms with Crippen LogP contribution in [0.1, 0.15) is 57.0 Å². The summed E-state index contributed by atoms with van der Waals surface area (Å²) in [5, 5.41) is 36.4. The summed E-state index contributed by atoms with van der Waals surface area (Å²) in [7, 11) is 2.83. The van der Waals surface area contributed by atoms with Gasteiger partial charge < -0.3 is 29.4 Å². The third kappa shape index (κ3) is 8.17. The first kappa shape index (κ1) is 32.8. The van der Waals surface area contributed by atoms with Crippen LogP contribution in [-0.4, -0.2) is 62.3 Å². The lowest BCUT2D eigenvalue weighted by Crippen LogP contribution is -2.15. The average Bonchev–Trinajstić information content (AvgIpc) is 3.78. The number of carbonyl (C=O) groups excluding carboxylic acids is 2. The van der Waals surface area contributed by atoms with E-state index >= 15 is 0 Å². The summed E-state index contributed by atoms with van der Waals surface area (Å²) in [6.45, 7) is 5.35. The van der Waals surface area contributed by atoms with Crippen LogP contribution in [0.4, 0.5) is 10.9 Å². The average molecular weight is 615 g/mol. The molecule has 1 aliphatic carbocycles. The molecule has 0 radical (unpaired) electrons. The minimum absolute atomic E-state index is 0.0184. The fourth-order valence-electron chi connectivity index (χ4n) is 4.05. The molecule has 0 bridgehead atoms. The monoisotopic (exact) mass is 614 g/mol. The molecule has 1 aliphatic rings. The minimum atomic E-state index is -1.13. The van der Waals surface area contributed by atoms with E-state index in [-0.39, 0.29) is 33.4 Å². The SMILES string of the molecule is CC.COc1cccc(OC)c1-c1cc(C(=O)Nc2nnc(-n3nccc3NC(C)=O)s2)oc(=O)c1O.OC1CCCC1. The maximum absolute atomic E-state index is 12.8. The Balaban J connectivity index is 0.000000555. The largest absolute Gasteiger partial charge is 0.501 e. The Hall–Kier alpha value is -4.76. The van der Waals surface area contributed by atoms with Crippen molar-refractivity contribution in [2.75, 3.05) is 24.9 Å². The molecule has 4 N–H and O–H groups in total. The minimum Gasteiger partial charge on any atom is -0.501 e. The number of aliphatic hydroxyl groups is 1. The molecule has 0 saturated heterocycles. The van der Waals surface area contributed by atoms with Gasteiger partial charge in [-0.1, -0.05) is 44.1 Å². The molecule has 0 aliphatic heterocycles. The Morgan fingerprint density at radius 2 is 1.72 bits per heavy atom. The normalized spacial score (nSPS) is 12.3. The van der Waals surface area contributed by atoms with Crippen molar-refractivity contribution in [3.8, 4) is 33.5 Å². The highest BCUT2D eigenvalue weighted by molar-refractivity contribution is 7.17. The van der Waals surface area contributed by atoms with Crippen molar-refractivity contribution in [2.24, 2.45) is 0 Å². The number of carbonyl (C=O) groups is 2. The Labute approximate surface area is 251 Å². The van der Waals surface area contributed by atoms with Gasteiger partial charge in [-0.25, -0.2) is 4.79 Å². The van der Waals surface area contributed by atoms with Crippen LogP contribution in [0.3, 0.4) is 0 Å². The van der Waals surface area contributed by atoms with Gasteiger partial charge in [0.25, 0.3) is 5.91 Å². The van der Waals surface area contributed by atoms with Gasteiger partial charge in [-0.05, 0) is 31.0 Å². The standard InChI is InChI=1S/C21H18N6O7S.C5H10O.C2H6/c1-10(28)23-15-7-8-22-27(15)21-26-25-20(35-21)24-18(30)14-9-11(17(29)19(31)34-14)16-12(32-2)5-4-6-13(16)33-3;6-5-3-1-2-4-5;1-2/h4-9,29H,1-3H3,(H,23,28)(H,24,25,30);5-6H,1-4H2;1-2H3. The first-order valence-electron chi connectivity index (χ1n) is 13.4. The predicted molar refractivity (Wildman–Crippen MR) is 160 cm³/mol. The van der Waals surface area contributed by atoms with Gasteiger partial charge >= 0.3 is 5.63 Å². The molecule has 0 unspecified atom stereocenters. The van der Waals surface area contributed by atoms with Crippen LogP contribution in [-0.2, 0) is 4.79 Å². The fourth-order valence-corrected chi connectivity index (χ4v) is 4.76. The lowest BCUT2D eigenvalue weighted by molar-refractivity contribution is -0.114. The van der Waals surface area contributed by atoms with E-state index in [2.05, 4.69) is 25.9 Å². The summed E-state index contributed by atoms with van der Waals surface area (Å²) >= 11 is 0.961. The van der Waals surface area contributed by atoms with Crippen LogP contribution < -0.4 is 25.7 Å². The number of nitrogens with zero attached hydrogens (tertiary/aromatic N) is 4. The summed E-state index contributed by atoms with van der Waals surface area (Å²) in [5.41, 5.74) is -0.885. The lowest BCUT2D eigenvalue weighted by Gasteiger charge is -2.14. The van der Waals surface area contributed by atoms with Gasteiger partial charge in [0, 0.05) is 18.6 Å². The maximum Gasteiger partial charge on any atom is 0.379 e. The van der Waals surface area contributed by atoms with E-state index in [1.165, 1.54) is 50.9 Å². The molecule has 2 amide bonds. The highest BCUT2D eigenvalue weighted by Gasteiger charge is 2.23. The molecule has 3 aromatic heterocycles. The van der Waals surface area contributed by atoms with E-state index < -0.39 is 23.0 Å². The van der Waals surface area contributed by atoms with Gasteiger partial charge in [-0.2, -0.15) is 9.78 Å². The molecule has 1 fully saturated rings. The summed E-state index contributed by atoms with van der Waals surface area (Å²) in [5.74, 6) is -1.25. The highest BCUT2D eigenvalue weighted by atomic mass is 32.1. The van der Waals surface area contributed by atoms with E-state index in [0.717, 1.165) is 24.2 Å². The Morgan fingerprint density at radius 3 is 2.28 bits per heavy atom. The van der Waals surface area contributed by atoms with Crippen LogP contribution >= 0.6 is 11.3 Å². The van der Waals surface area contributed by atoms with E-state index in [1.807, 2.05) is 13.8 Å². The Morgan fingerprint density at radius 1 is 1.07 bits per heavy atom. The summed E-state index contributed by atoms with van der Waals surface area (Å²) < 4.78 is 17.0. The van der Waals surface area contributed by atoms with Crippen molar-refractivity contribution in [1.29, 1.82) is 0 Å². The molecule has 4 aromatic rings. The van der Waals surface area contributed by atoms with E-state index in [4.69, 9.17) is 19.0 Å². The van der Waals surface area contributed by atoms with Crippen LogP contribution in [0.5, 0.6) is 17.2 Å².